The number of rotatable bonds is 4. The molecule has 0 aliphatic carbocycles. The van der Waals surface area contributed by atoms with Gasteiger partial charge in [0, 0.05) is 23.7 Å². The van der Waals surface area contributed by atoms with Crippen LogP contribution in [0.25, 0.3) is 0 Å². The molecule has 0 bridgehead atoms. The molecule has 1 N–H and O–H groups in total. The van der Waals surface area contributed by atoms with Crippen molar-refractivity contribution in [3.05, 3.63) is 80.6 Å². The van der Waals surface area contributed by atoms with E-state index in [1.165, 1.54) is 0 Å². The Balaban J connectivity index is 1.56. The quantitative estimate of drug-likeness (QED) is 0.705. The van der Waals surface area contributed by atoms with E-state index in [-0.39, 0.29) is 17.6 Å². The number of oxazole rings is 1. The van der Waals surface area contributed by atoms with Crippen molar-refractivity contribution in [3.63, 3.8) is 0 Å². The van der Waals surface area contributed by atoms with Crippen LogP contribution in [0.3, 0.4) is 0 Å². The van der Waals surface area contributed by atoms with E-state index in [1.54, 1.807) is 24.1 Å². The number of aryl methyl sites for hydroxylation is 1. The third-order valence-corrected chi connectivity index (χ3v) is 5.26. The van der Waals surface area contributed by atoms with E-state index in [0.717, 1.165) is 30.6 Å². The van der Waals surface area contributed by atoms with Gasteiger partial charge in [0.15, 0.2) is 0 Å². The van der Waals surface area contributed by atoms with Gasteiger partial charge in [-0.3, -0.25) is 4.79 Å². The molecule has 7 nitrogen and oxygen atoms in total. The molecule has 0 spiro atoms. The summed E-state index contributed by atoms with van der Waals surface area (Å²) < 4.78 is 5.99. The number of nitrogens with zero attached hydrogens (tertiary/aromatic N) is 3. The number of piperidine rings is 1. The summed E-state index contributed by atoms with van der Waals surface area (Å²) in [6.07, 6.45) is 4.93. The van der Waals surface area contributed by atoms with Gasteiger partial charge in [0.2, 0.25) is 5.89 Å². The minimum absolute atomic E-state index is 0.145. The lowest BCUT2D eigenvalue weighted by molar-refractivity contribution is 0.0563. The van der Waals surface area contributed by atoms with Crippen molar-refractivity contribution >= 4 is 17.5 Å². The number of amides is 1. The van der Waals surface area contributed by atoms with Gasteiger partial charge < -0.3 is 14.3 Å². The van der Waals surface area contributed by atoms with Gasteiger partial charge in [-0.05, 0) is 49.9 Å². The number of H-pyrrole nitrogens is 1. The Morgan fingerprint density at radius 3 is 2.86 bits per heavy atom. The van der Waals surface area contributed by atoms with Crippen LogP contribution in [0.4, 0.5) is 0 Å². The molecule has 1 amide bonds. The fourth-order valence-electron chi connectivity index (χ4n) is 3.63. The van der Waals surface area contributed by atoms with Crippen LogP contribution in [-0.4, -0.2) is 32.3 Å². The number of carbonyl (C=O) groups is 1. The zero-order chi connectivity index (χ0) is 20.4. The van der Waals surface area contributed by atoms with Crippen LogP contribution in [-0.2, 0) is 6.42 Å². The van der Waals surface area contributed by atoms with E-state index in [1.807, 2.05) is 24.3 Å². The molecule has 1 unspecified atom stereocenters. The largest absolute Gasteiger partial charge is 0.443 e. The van der Waals surface area contributed by atoms with Crippen molar-refractivity contribution in [1.29, 1.82) is 0 Å². The standard InChI is InChI=1S/C21H21ClN4O3/c1-13-10-17(25-21(28)24-13)20(27)26-9-3-2-4-18(26)19-23-12-16(29-19)11-14-5-7-15(22)8-6-14/h5-8,10,12,18H,2-4,9,11H2,1H3,(H,24,25,28). The van der Waals surface area contributed by atoms with Crippen molar-refractivity contribution in [2.24, 2.45) is 0 Å². The minimum Gasteiger partial charge on any atom is -0.443 e. The van der Waals surface area contributed by atoms with E-state index in [0.29, 0.717) is 29.6 Å². The molecule has 1 atom stereocenters. The predicted molar refractivity (Wildman–Crippen MR) is 108 cm³/mol. The summed E-state index contributed by atoms with van der Waals surface area (Å²) in [5, 5.41) is 0.687. The molecule has 8 heteroatoms. The number of likely N-dealkylation sites (tertiary alicyclic amines) is 1. The molecule has 4 rings (SSSR count). The Morgan fingerprint density at radius 2 is 2.10 bits per heavy atom. The molecule has 29 heavy (non-hydrogen) atoms. The highest BCUT2D eigenvalue weighted by molar-refractivity contribution is 6.30. The summed E-state index contributed by atoms with van der Waals surface area (Å²) in [4.78, 5) is 37.3. The molecular formula is C21H21ClN4O3. The number of halogens is 1. The first kappa shape index (κ1) is 19.4. The molecule has 2 aromatic heterocycles. The Hall–Kier alpha value is -2.93. The summed E-state index contributed by atoms with van der Waals surface area (Å²) in [6, 6.07) is 8.90. The number of hydrogen-bond acceptors (Lipinski definition) is 5. The molecule has 1 aromatic carbocycles. The van der Waals surface area contributed by atoms with Gasteiger partial charge in [0.1, 0.15) is 17.5 Å². The number of carbonyl (C=O) groups excluding carboxylic acids is 1. The Labute approximate surface area is 172 Å². The molecule has 1 fully saturated rings. The van der Waals surface area contributed by atoms with Crippen LogP contribution in [0.2, 0.25) is 5.02 Å². The number of hydrogen-bond donors (Lipinski definition) is 1. The molecule has 3 heterocycles. The Morgan fingerprint density at radius 1 is 1.31 bits per heavy atom. The van der Waals surface area contributed by atoms with Gasteiger partial charge in [-0.2, -0.15) is 4.98 Å². The highest BCUT2D eigenvalue weighted by atomic mass is 35.5. The lowest BCUT2D eigenvalue weighted by Gasteiger charge is -2.33. The molecule has 1 aliphatic rings. The second-order valence-corrected chi connectivity index (χ2v) is 7.67. The van der Waals surface area contributed by atoms with Gasteiger partial charge in [0.05, 0.1) is 6.20 Å². The van der Waals surface area contributed by atoms with Crippen molar-refractivity contribution in [3.8, 4) is 0 Å². The van der Waals surface area contributed by atoms with Crippen LogP contribution in [0.5, 0.6) is 0 Å². The summed E-state index contributed by atoms with van der Waals surface area (Å²) >= 11 is 5.94. The first-order valence-electron chi connectivity index (χ1n) is 9.57. The number of nitrogens with one attached hydrogen (secondary N) is 1. The molecule has 1 aliphatic heterocycles. The first-order valence-corrected chi connectivity index (χ1v) is 9.95. The molecule has 0 saturated carbocycles. The maximum absolute atomic E-state index is 13.0. The van der Waals surface area contributed by atoms with Crippen molar-refractivity contribution < 1.29 is 9.21 Å². The van der Waals surface area contributed by atoms with E-state index in [9.17, 15) is 9.59 Å². The van der Waals surface area contributed by atoms with E-state index in [4.69, 9.17) is 16.0 Å². The summed E-state index contributed by atoms with van der Waals surface area (Å²) in [5.41, 5.74) is 1.29. The van der Waals surface area contributed by atoms with Crippen molar-refractivity contribution in [2.45, 2.75) is 38.6 Å². The zero-order valence-electron chi connectivity index (χ0n) is 16.0. The fraction of sp³-hybridized carbons (Fsp3) is 0.333. The number of aromatic amines is 1. The van der Waals surface area contributed by atoms with Crippen LogP contribution in [0.15, 0.2) is 45.7 Å². The van der Waals surface area contributed by atoms with Gasteiger partial charge in [-0.15, -0.1) is 0 Å². The maximum Gasteiger partial charge on any atom is 0.345 e. The minimum atomic E-state index is -0.525. The predicted octanol–water partition coefficient (Wildman–Crippen LogP) is 3.68. The maximum atomic E-state index is 13.0. The molecule has 150 valence electrons. The molecule has 1 saturated heterocycles. The zero-order valence-corrected chi connectivity index (χ0v) is 16.8. The van der Waals surface area contributed by atoms with Crippen LogP contribution in [0.1, 0.15) is 58.7 Å². The average Bonchev–Trinajstić information content (AvgIpc) is 3.17. The van der Waals surface area contributed by atoms with Gasteiger partial charge in [-0.25, -0.2) is 9.78 Å². The monoisotopic (exact) mass is 412 g/mol. The molecule has 3 aromatic rings. The number of aromatic nitrogens is 3. The van der Waals surface area contributed by atoms with Crippen molar-refractivity contribution in [2.75, 3.05) is 6.54 Å². The normalized spacial score (nSPS) is 16.8. The van der Waals surface area contributed by atoms with E-state index in [2.05, 4.69) is 15.0 Å². The van der Waals surface area contributed by atoms with Crippen LogP contribution >= 0.6 is 11.6 Å². The van der Waals surface area contributed by atoms with E-state index < -0.39 is 5.69 Å². The number of benzene rings is 1. The van der Waals surface area contributed by atoms with Gasteiger partial charge in [0.25, 0.3) is 5.91 Å². The second kappa shape index (κ2) is 8.21. The third kappa shape index (κ3) is 4.40. The SMILES string of the molecule is Cc1cc(C(=O)N2CCCCC2c2ncc(Cc3ccc(Cl)cc3)o2)nc(=O)[nH]1. The van der Waals surface area contributed by atoms with E-state index >= 15 is 0 Å². The summed E-state index contributed by atoms with van der Waals surface area (Å²) in [5.74, 6) is 0.968. The highest BCUT2D eigenvalue weighted by Crippen LogP contribution is 2.32. The summed E-state index contributed by atoms with van der Waals surface area (Å²) in [7, 11) is 0. The summed E-state index contributed by atoms with van der Waals surface area (Å²) in [6.45, 7) is 2.30. The lowest BCUT2D eigenvalue weighted by Crippen LogP contribution is -2.39. The topological polar surface area (TPSA) is 92.1 Å². The first-order chi connectivity index (χ1) is 14.0. The molecule has 0 radical (unpaired) electrons. The van der Waals surface area contributed by atoms with Crippen molar-refractivity contribution in [1.82, 2.24) is 19.9 Å². The van der Waals surface area contributed by atoms with Crippen LogP contribution < -0.4 is 5.69 Å². The fourth-order valence-corrected chi connectivity index (χ4v) is 3.76. The third-order valence-electron chi connectivity index (χ3n) is 5.01. The highest BCUT2D eigenvalue weighted by Gasteiger charge is 2.32. The van der Waals surface area contributed by atoms with Gasteiger partial charge >= 0.3 is 5.69 Å². The average molecular weight is 413 g/mol. The Kier molecular flexibility index (Phi) is 5.49. The Bertz CT molecular complexity index is 1070. The smallest absolute Gasteiger partial charge is 0.345 e. The van der Waals surface area contributed by atoms with Crippen LogP contribution in [0, 0.1) is 6.92 Å². The van der Waals surface area contributed by atoms with Gasteiger partial charge in [-0.1, -0.05) is 23.7 Å². The second-order valence-electron chi connectivity index (χ2n) is 7.23. The molecular weight excluding hydrogens is 392 g/mol. The lowest BCUT2D eigenvalue weighted by atomic mass is 10.0.